The fourth-order valence-corrected chi connectivity index (χ4v) is 0.888. The Morgan fingerprint density at radius 3 is 2.53 bits per heavy atom. The summed E-state index contributed by atoms with van der Waals surface area (Å²) >= 11 is 0. The number of ether oxygens (including phenoxy) is 1. The molecule has 1 amide bonds. The monoisotopic (exact) mass is 209 g/mol. The summed E-state index contributed by atoms with van der Waals surface area (Å²) < 4.78 is 5.17. The van der Waals surface area contributed by atoms with Crippen molar-refractivity contribution in [3.05, 3.63) is 18.6 Å². The van der Waals surface area contributed by atoms with Crippen molar-refractivity contribution in [2.24, 2.45) is 0 Å². The van der Waals surface area contributed by atoms with Crippen LogP contribution in [-0.4, -0.2) is 28.7 Å². The molecule has 0 saturated carbocycles. The fourth-order valence-electron chi connectivity index (χ4n) is 0.888. The van der Waals surface area contributed by atoms with Crippen LogP contribution in [0.3, 0.4) is 0 Å². The summed E-state index contributed by atoms with van der Waals surface area (Å²) in [7, 11) is 1.60. The minimum Gasteiger partial charge on any atom is -0.443 e. The Morgan fingerprint density at radius 2 is 2.07 bits per heavy atom. The maximum Gasteiger partial charge on any atom is 0.415 e. The molecule has 0 aromatic carbocycles. The molecule has 0 atom stereocenters. The molecule has 0 N–H and O–H groups in total. The molecule has 1 rings (SSSR count). The Balaban J connectivity index is 2.70. The van der Waals surface area contributed by atoms with Crippen molar-refractivity contribution in [2.45, 2.75) is 26.4 Å². The zero-order valence-corrected chi connectivity index (χ0v) is 9.39. The Kier molecular flexibility index (Phi) is 3.24. The van der Waals surface area contributed by atoms with Gasteiger partial charge >= 0.3 is 6.09 Å². The highest BCUT2D eigenvalue weighted by molar-refractivity contribution is 5.85. The summed E-state index contributed by atoms with van der Waals surface area (Å²) in [6.07, 6.45) is 4.13. The number of carbonyl (C=O) groups excluding carboxylic acids is 1. The first-order chi connectivity index (χ1) is 6.90. The summed E-state index contributed by atoms with van der Waals surface area (Å²) in [5.74, 6) is 0.465. The van der Waals surface area contributed by atoms with Gasteiger partial charge in [0.25, 0.3) is 0 Å². The van der Waals surface area contributed by atoms with E-state index in [1.807, 2.05) is 20.8 Å². The van der Waals surface area contributed by atoms with Crippen LogP contribution in [0.2, 0.25) is 0 Å². The maximum atomic E-state index is 11.6. The SMILES string of the molecule is CN(C(=O)OC(C)(C)C)c1cnccn1. The Hall–Kier alpha value is -1.65. The van der Waals surface area contributed by atoms with E-state index in [2.05, 4.69) is 9.97 Å². The summed E-state index contributed by atoms with van der Waals surface area (Å²) in [5, 5.41) is 0. The Morgan fingerprint density at radius 1 is 1.40 bits per heavy atom. The molecule has 0 fully saturated rings. The Labute approximate surface area is 89.1 Å². The van der Waals surface area contributed by atoms with Crippen molar-refractivity contribution in [3.63, 3.8) is 0 Å². The third-order valence-corrected chi connectivity index (χ3v) is 1.56. The second-order valence-electron chi connectivity index (χ2n) is 4.10. The molecular weight excluding hydrogens is 194 g/mol. The van der Waals surface area contributed by atoms with E-state index in [-0.39, 0.29) is 0 Å². The maximum absolute atomic E-state index is 11.6. The van der Waals surface area contributed by atoms with Crippen LogP contribution in [0.25, 0.3) is 0 Å². The van der Waals surface area contributed by atoms with Gasteiger partial charge in [-0.15, -0.1) is 0 Å². The quantitative estimate of drug-likeness (QED) is 0.708. The van der Waals surface area contributed by atoms with Gasteiger partial charge in [0.05, 0.1) is 6.20 Å². The summed E-state index contributed by atoms with van der Waals surface area (Å²) in [4.78, 5) is 20.8. The van der Waals surface area contributed by atoms with Gasteiger partial charge in [-0.25, -0.2) is 9.78 Å². The van der Waals surface area contributed by atoms with Crippen LogP contribution in [0.1, 0.15) is 20.8 Å². The third-order valence-electron chi connectivity index (χ3n) is 1.56. The largest absolute Gasteiger partial charge is 0.443 e. The van der Waals surface area contributed by atoms with E-state index in [9.17, 15) is 4.79 Å². The number of rotatable bonds is 1. The number of hydrogen-bond donors (Lipinski definition) is 0. The molecule has 82 valence electrons. The van der Waals surface area contributed by atoms with Gasteiger partial charge < -0.3 is 4.74 Å². The molecule has 0 aliphatic rings. The molecule has 1 heterocycles. The highest BCUT2D eigenvalue weighted by Gasteiger charge is 2.20. The lowest BCUT2D eigenvalue weighted by atomic mass is 10.2. The fraction of sp³-hybridized carbons (Fsp3) is 0.500. The van der Waals surface area contributed by atoms with Gasteiger partial charge in [-0.2, -0.15) is 0 Å². The minimum absolute atomic E-state index is 0.442. The first-order valence-electron chi connectivity index (χ1n) is 4.63. The third kappa shape index (κ3) is 3.53. The van der Waals surface area contributed by atoms with E-state index in [4.69, 9.17) is 4.74 Å². The van der Waals surface area contributed by atoms with Crippen molar-refractivity contribution in [3.8, 4) is 0 Å². The van der Waals surface area contributed by atoms with Gasteiger partial charge in [-0.1, -0.05) is 0 Å². The standard InChI is InChI=1S/C10H15N3O2/c1-10(2,3)15-9(14)13(4)8-7-11-5-6-12-8/h5-7H,1-4H3. The van der Waals surface area contributed by atoms with Crippen LogP contribution in [0, 0.1) is 0 Å². The zero-order valence-electron chi connectivity index (χ0n) is 9.39. The minimum atomic E-state index is -0.506. The van der Waals surface area contributed by atoms with Gasteiger partial charge in [0.2, 0.25) is 0 Å². The first-order valence-corrected chi connectivity index (χ1v) is 4.63. The van der Waals surface area contributed by atoms with Crippen LogP contribution in [0.5, 0.6) is 0 Å². The number of amides is 1. The van der Waals surface area contributed by atoms with E-state index in [0.717, 1.165) is 0 Å². The summed E-state index contributed by atoms with van der Waals surface area (Å²) in [5.41, 5.74) is -0.506. The van der Waals surface area contributed by atoms with Crippen molar-refractivity contribution >= 4 is 11.9 Å². The van der Waals surface area contributed by atoms with Crippen molar-refractivity contribution < 1.29 is 9.53 Å². The molecule has 0 saturated heterocycles. The lowest BCUT2D eigenvalue weighted by Crippen LogP contribution is -2.34. The van der Waals surface area contributed by atoms with E-state index in [0.29, 0.717) is 5.82 Å². The number of nitrogens with zero attached hydrogens (tertiary/aromatic N) is 3. The number of anilines is 1. The molecule has 0 spiro atoms. The molecule has 0 bridgehead atoms. The van der Waals surface area contributed by atoms with Crippen molar-refractivity contribution in [1.29, 1.82) is 0 Å². The predicted octanol–water partition coefficient (Wildman–Crippen LogP) is 1.85. The van der Waals surface area contributed by atoms with Gasteiger partial charge in [-0.3, -0.25) is 9.88 Å². The van der Waals surface area contributed by atoms with Gasteiger partial charge in [-0.05, 0) is 20.8 Å². The zero-order chi connectivity index (χ0) is 11.5. The van der Waals surface area contributed by atoms with Crippen LogP contribution < -0.4 is 4.90 Å². The highest BCUT2D eigenvalue weighted by atomic mass is 16.6. The van der Waals surface area contributed by atoms with Crippen molar-refractivity contribution in [2.75, 3.05) is 11.9 Å². The van der Waals surface area contributed by atoms with Crippen LogP contribution in [-0.2, 0) is 4.74 Å². The second-order valence-corrected chi connectivity index (χ2v) is 4.10. The van der Waals surface area contributed by atoms with Gasteiger partial charge in [0.1, 0.15) is 5.60 Å². The molecule has 0 radical (unpaired) electrons. The Bertz CT molecular complexity index is 332. The van der Waals surface area contributed by atoms with E-state index < -0.39 is 11.7 Å². The molecular formula is C10H15N3O2. The lowest BCUT2D eigenvalue weighted by Gasteiger charge is -2.23. The average Bonchev–Trinajstić information content (AvgIpc) is 2.15. The van der Waals surface area contributed by atoms with E-state index in [1.165, 1.54) is 17.3 Å². The number of aromatic nitrogens is 2. The molecule has 0 unspecified atom stereocenters. The molecule has 0 aliphatic carbocycles. The topological polar surface area (TPSA) is 55.3 Å². The van der Waals surface area contributed by atoms with Crippen LogP contribution >= 0.6 is 0 Å². The lowest BCUT2D eigenvalue weighted by molar-refractivity contribution is 0.0588. The van der Waals surface area contributed by atoms with Crippen molar-refractivity contribution in [1.82, 2.24) is 9.97 Å². The van der Waals surface area contributed by atoms with Crippen LogP contribution in [0.4, 0.5) is 10.6 Å². The van der Waals surface area contributed by atoms with Crippen LogP contribution in [0.15, 0.2) is 18.6 Å². The number of carbonyl (C=O) groups is 1. The van der Waals surface area contributed by atoms with E-state index in [1.54, 1.807) is 13.2 Å². The van der Waals surface area contributed by atoms with Gasteiger partial charge in [0, 0.05) is 19.4 Å². The molecule has 5 heteroatoms. The second kappa shape index (κ2) is 4.25. The smallest absolute Gasteiger partial charge is 0.415 e. The number of hydrogen-bond acceptors (Lipinski definition) is 4. The van der Waals surface area contributed by atoms with Gasteiger partial charge in [0.15, 0.2) is 5.82 Å². The van der Waals surface area contributed by atoms with E-state index >= 15 is 0 Å². The first kappa shape index (κ1) is 11.4. The average molecular weight is 209 g/mol. The highest BCUT2D eigenvalue weighted by Crippen LogP contribution is 2.12. The molecule has 5 nitrogen and oxygen atoms in total. The normalized spacial score (nSPS) is 10.9. The summed E-state index contributed by atoms with van der Waals surface area (Å²) in [6.45, 7) is 5.44. The molecule has 1 aromatic heterocycles. The molecule has 15 heavy (non-hydrogen) atoms. The summed E-state index contributed by atoms with van der Waals surface area (Å²) in [6, 6.07) is 0. The predicted molar refractivity (Wildman–Crippen MR) is 56.7 cm³/mol. The molecule has 0 aliphatic heterocycles. The molecule has 1 aromatic rings.